The van der Waals surface area contributed by atoms with E-state index in [-0.39, 0.29) is 11.8 Å². The SMILES string of the molecule is CCCCC(C)C(=O)Nc1cc(N)ccc1OC. The van der Waals surface area contributed by atoms with Gasteiger partial charge in [0.2, 0.25) is 5.91 Å². The fourth-order valence-electron chi connectivity index (χ4n) is 1.72. The Kier molecular flexibility index (Phi) is 5.49. The summed E-state index contributed by atoms with van der Waals surface area (Å²) in [6.45, 7) is 4.05. The molecule has 0 spiro atoms. The summed E-state index contributed by atoms with van der Waals surface area (Å²) in [6.07, 6.45) is 3.05. The maximum absolute atomic E-state index is 12.0. The van der Waals surface area contributed by atoms with Gasteiger partial charge in [-0.05, 0) is 24.6 Å². The van der Waals surface area contributed by atoms with E-state index in [1.165, 1.54) is 0 Å². The molecule has 0 saturated carbocycles. The van der Waals surface area contributed by atoms with Crippen molar-refractivity contribution in [2.45, 2.75) is 33.1 Å². The van der Waals surface area contributed by atoms with Crippen LogP contribution < -0.4 is 15.8 Å². The molecular formula is C14H22N2O2. The Morgan fingerprint density at radius 3 is 2.83 bits per heavy atom. The molecule has 100 valence electrons. The molecule has 0 saturated heterocycles. The average Bonchev–Trinajstić information content (AvgIpc) is 2.36. The Bertz CT molecular complexity index is 405. The lowest BCUT2D eigenvalue weighted by Gasteiger charge is -2.14. The lowest BCUT2D eigenvalue weighted by molar-refractivity contribution is -0.119. The molecule has 1 aromatic rings. The summed E-state index contributed by atoms with van der Waals surface area (Å²) < 4.78 is 5.19. The summed E-state index contributed by atoms with van der Waals surface area (Å²) in [5.74, 6) is 0.628. The summed E-state index contributed by atoms with van der Waals surface area (Å²) in [4.78, 5) is 12.0. The van der Waals surface area contributed by atoms with Crippen molar-refractivity contribution in [1.82, 2.24) is 0 Å². The number of rotatable bonds is 6. The van der Waals surface area contributed by atoms with Gasteiger partial charge in [-0.3, -0.25) is 4.79 Å². The quantitative estimate of drug-likeness (QED) is 0.763. The number of nitrogens with two attached hydrogens (primary N) is 1. The van der Waals surface area contributed by atoms with E-state index in [0.29, 0.717) is 17.1 Å². The number of carbonyl (C=O) groups is 1. The molecule has 0 aliphatic heterocycles. The first-order valence-electron chi connectivity index (χ1n) is 6.32. The van der Waals surface area contributed by atoms with Crippen LogP contribution in [0.1, 0.15) is 33.1 Å². The molecule has 1 amide bonds. The highest BCUT2D eigenvalue weighted by Gasteiger charge is 2.14. The van der Waals surface area contributed by atoms with Crippen LogP contribution in [-0.4, -0.2) is 13.0 Å². The molecule has 0 heterocycles. The number of hydrogen-bond donors (Lipinski definition) is 2. The summed E-state index contributed by atoms with van der Waals surface area (Å²) in [6, 6.07) is 5.21. The van der Waals surface area contributed by atoms with Crippen molar-refractivity contribution in [2.75, 3.05) is 18.2 Å². The second kappa shape index (κ2) is 6.89. The van der Waals surface area contributed by atoms with E-state index < -0.39 is 0 Å². The summed E-state index contributed by atoms with van der Waals surface area (Å²) in [5.41, 5.74) is 6.94. The third-order valence-corrected chi connectivity index (χ3v) is 2.92. The Hall–Kier alpha value is -1.71. The van der Waals surface area contributed by atoms with E-state index in [2.05, 4.69) is 12.2 Å². The molecule has 0 bridgehead atoms. The molecule has 0 fully saturated rings. The molecule has 4 heteroatoms. The molecule has 0 aliphatic rings. The van der Waals surface area contributed by atoms with Gasteiger partial charge in [0.1, 0.15) is 5.75 Å². The summed E-state index contributed by atoms with van der Waals surface area (Å²) in [7, 11) is 1.57. The third-order valence-electron chi connectivity index (χ3n) is 2.92. The van der Waals surface area contributed by atoms with Crippen LogP contribution in [0.2, 0.25) is 0 Å². The largest absolute Gasteiger partial charge is 0.495 e. The molecule has 0 aliphatic carbocycles. The normalized spacial score (nSPS) is 11.9. The van der Waals surface area contributed by atoms with E-state index in [1.807, 2.05) is 6.92 Å². The Morgan fingerprint density at radius 2 is 2.22 bits per heavy atom. The van der Waals surface area contributed by atoms with Crippen molar-refractivity contribution < 1.29 is 9.53 Å². The number of amides is 1. The number of nitrogens with one attached hydrogen (secondary N) is 1. The third kappa shape index (κ3) is 3.95. The second-order valence-corrected chi connectivity index (χ2v) is 4.49. The van der Waals surface area contributed by atoms with Crippen LogP contribution >= 0.6 is 0 Å². The van der Waals surface area contributed by atoms with Gasteiger partial charge in [-0.2, -0.15) is 0 Å². The number of anilines is 2. The van der Waals surface area contributed by atoms with Crippen LogP contribution in [0.4, 0.5) is 11.4 Å². The highest BCUT2D eigenvalue weighted by molar-refractivity contribution is 5.94. The maximum atomic E-state index is 12.0. The molecular weight excluding hydrogens is 228 g/mol. The number of methoxy groups -OCH3 is 1. The predicted octanol–water partition coefficient (Wildman–Crippen LogP) is 3.04. The molecule has 0 aromatic heterocycles. The molecule has 4 nitrogen and oxygen atoms in total. The van der Waals surface area contributed by atoms with Crippen molar-refractivity contribution in [3.63, 3.8) is 0 Å². The van der Waals surface area contributed by atoms with Crippen LogP contribution in [0.15, 0.2) is 18.2 Å². The molecule has 18 heavy (non-hydrogen) atoms. The van der Waals surface area contributed by atoms with Crippen LogP contribution in [0.3, 0.4) is 0 Å². The van der Waals surface area contributed by atoms with Crippen molar-refractivity contribution in [3.8, 4) is 5.75 Å². The lowest BCUT2D eigenvalue weighted by Crippen LogP contribution is -2.20. The zero-order valence-electron chi connectivity index (χ0n) is 11.3. The van der Waals surface area contributed by atoms with E-state index >= 15 is 0 Å². The topological polar surface area (TPSA) is 64.4 Å². The fraction of sp³-hybridized carbons (Fsp3) is 0.500. The van der Waals surface area contributed by atoms with Crippen LogP contribution in [0.25, 0.3) is 0 Å². The van der Waals surface area contributed by atoms with Gasteiger partial charge in [-0.1, -0.05) is 26.7 Å². The zero-order chi connectivity index (χ0) is 13.5. The van der Waals surface area contributed by atoms with Gasteiger partial charge in [-0.15, -0.1) is 0 Å². The van der Waals surface area contributed by atoms with Gasteiger partial charge in [0.15, 0.2) is 0 Å². The van der Waals surface area contributed by atoms with E-state index in [4.69, 9.17) is 10.5 Å². The van der Waals surface area contributed by atoms with Gasteiger partial charge < -0.3 is 15.8 Å². The average molecular weight is 250 g/mol. The van der Waals surface area contributed by atoms with E-state index in [1.54, 1.807) is 25.3 Å². The van der Waals surface area contributed by atoms with Gasteiger partial charge >= 0.3 is 0 Å². The van der Waals surface area contributed by atoms with Crippen molar-refractivity contribution >= 4 is 17.3 Å². The first-order valence-corrected chi connectivity index (χ1v) is 6.32. The smallest absolute Gasteiger partial charge is 0.227 e. The number of carbonyl (C=O) groups excluding carboxylic acids is 1. The number of hydrogen-bond acceptors (Lipinski definition) is 3. The predicted molar refractivity (Wildman–Crippen MR) is 74.7 cm³/mol. The number of benzene rings is 1. The minimum absolute atomic E-state index is 0.00362. The number of ether oxygens (including phenoxy) is 1. The van der Waals surface area contributed by atoms with Gasteiger partial charge in [-0.25, -0.2) is 0 Å². The molecule has 1 unspecified atom stereocenters. The van der Waals surface area contributed by atoms with Gasteiger partial charge in [0.05, 0.1) is 12.8 Å². The Balaban J connectivity index is 2.71. The van der Waals surface area contributed by atoms with Crippen molar-refractivity contribution in [1.29, 1.82) is 0 Å². The Morgan fingerprint density at radius 1 is 1.50 bits per heavy atom. The first kappa shape index (κ1) is 14.4. The van der Waals surface area contributed by atoms with Crippen molar-refractivity contribution in [2.24, 2.45) is 5.92 Å². The monoisotopic (exact) mass is 250 g/mol. The van der Waals surface area contributed by atoms with Gasteiger partial charge in [0.25, 0.3) is 0 Å². The maximum Gasteiger partial charge on any atom is 0.227 e. The van der Waals surface area contributed by atoms with E-state index in [9.17, 15) is 4.79 Å². The lowest BCUT2D eigenvalue weighted by atomic mass is 10.0. The second-order valence-electron chi connectivity index (χ2n) is 4.49. The van der Waals surface area contributed by atoms with Crippen LogP contribution in [0.5, 0.6) is 5.75 Å². The zero-order valence-corrected chi connectivity index (χ0v) is 11.3. The van der Waals surface area contributed by atoms with Crippen LogP contribution in [0, 0.1) is 5.92 Å². The molecule has 3 N–H and O–H groups in total. The standard InChI is InChI=1S/C14H22N2O2/c1-4-5-6-10(2)14(17)16-12-9-11(15)7-8-13(12)18-3/h7-10H,4-6,15H2,1-3H3,(H,16,17). The highest BCUT2D eigenvalue weighted by atomic mass is 16.5. The molecule has 1 atom stereocenters. The fourth-order valence-corrected chi connectivity index (χ4v) is 1.72. The molecule has 1 aromatic carbocycles. The number of unbranched alkanes of at least 4 members (excludes halogenated alkanes) is 1. The van der Waals surface area contributed by atoms with Gasteiger partial charge in [0, 0.05) is 11.6 Å². The minimum atomic E-state index is -0.00362. The highest BCUT2D eigenvalue weighted by Crippen LogP contribution is 2.27. The van der Waals surface area contributed by atoms with Crippen molar-refractivity contribution in [3.05, 3.63) is 18.2 Å². The Labute approximate surface area is 109 Å². The molecule has 1 rings (SSSR count). The van der Waals surface area contributed by atoms with Crippen LogP contribution in [-0.2, 0) is 4.79 Å². The van der Waals surface area contributed by atoms with E-state index in [0.717, 1.165) is 19.3 Å². The first-order chi connectivity index (χ1) is 8.58. The number of nitrogen functional groups attached to an aromatic ring is 1. The molecule has 0 radical (unpaired) electrons. The minimum Gasteiger partial charge on any atom is -0.495 e. The summed E-state index contributed by atoms with van der Waals surface area (Å²) >= 11 is 0. The summed E-state index contributed by atoms with van der Waals surface area (Å²) in [5, 5.41) is 2.87.